The first-order chi connectivity index (χ1) is 11.9. The highest BCUT2D eigenvalue weighted by Gasteiger charge is 2.15. The number of amides is 1. The zero-order valence-corrected chi connectivity index (χ0v) is 14.1. The zero-order valence-electron chi connectivity index (χ0n) is 14.1. The van der Waals surface area contributed by atoms with Gasteiger partial charge in [0, 0.05) is 32.7 Å². The lowest BCUT2D eigenvalue weighted by Crippen LogP contribution is -2.37. The lowest BCUT2D eigenvalue weighted by atomic mass is 10.1. The third-order valence-electron chi connectivity index (χ3n) is 4.11. The first-order valence-electron chi connectivity index (χ1n) is 7.66. The van der Waals surface area contributed by atoms with Gasteiger partial charge in [-0.05, 0) is 30.7 Å². The number of hydrogen-bond acceptors (Lipinski definition) is 5. The van der Waals surface area contributed by atoms with Crippen molar-refractivity contribution in [3.8, 4) is 0 Å². The van der Waals surface area contributed by atoms with Crippen molar-refractivity contribution >= 4 is 16.9 Å². The number of pyridine rings is 2. The summed E-state index contributed by atoms with van der Waals surface area (Å²) in [5.74, 6) is -0.352. The Balaban J connectivity index is 1.98. The van der Waals surface area contributed by atoms with E-state index >= 15 is 0 Å². The fourth-order valence-corrected chi connectivity index (χ4v) is 2.60. The van der Waals surface area contributed by atoms with Crippen LogP contribution < -0.4 is 16.6 Å². The van der Waals surface area contributed by atoms with Gasteiger partial charge in [0.1, 0.15) is 5.65 Å². The molecule has 8 nitrogen and oxygen atoms in total. The van der Waals surface area contributed by atoms with E-state index in [1.807, 2.05) is 19.1 Å². The average Bonchev–Trinajstić information content (AvgIpc) is 2.64. The molecule has 0 saturated heterocycles. The average molecular weight is 339 g/mol. The molecule has 3 aromatic rings. The summed E-state index contributed by atoms with van der Waals surface area (Å²) in [7, 11) is 2.92. The van der Waals surface area contributed by atoms with E-state index in [-0.39, 0.29) is 28.5 Å². The van der Waals surface area contributed by atoms with Gasteiger partial charge in [0.2, 0.25) is 0 Å². The predicted octanol–water partition coefficient (Wildman–Crippen LogP) is 0.518. The molecule has 0 aliphatic heterocycles. The van der Waals surface area contributed by atoms with Crippen molar-refractivity contribution in [3.05, 3.63) is 68.8 Å². The Bertz CT molecular complexity index is 1070. The van der Waals surface area contributed by atoms with Gasteiger partial charge in [-0.2, -0.15) is 0 Å². The second kappa shape index (κ2) is 6.31. The molecule has 0 aliphatic carbocycles. The Kier molecular flexibility index (Phi) is 4.18. The summed E-state index contributed by atoms with van der Waals surface area (Å²) >= 11 is 0. The molecule has 0 aromatic carbocycles. The molecular weight excluding hydrogens is 322 g/mol. The summed E-state index contributed by atoms with van der Waals surface area (Å²) in [5.41, 5.74) is 0.460. The van der Waals surface area contributed by atoms with E-state index in [1.54, 1.807) is 12.4 Å². The number of nitrogens with one attached hydrogen (secondary N) is 1. The van der Waals surface area contributed by atoms with Crippen molar-refractivity contribution in [1.82, 2.24) is 24.4 Å². The van der Waals surface area contributed by atoms with Gasteiger partial charge >= 0.3 is 5.69 Å². The molecule has 1 amide bonds. The number of aromatic nitrogens is 4. The molecule has 0 bridgehead atoms. The summed E-state index contributed by atoms with van der Waals surface area (Å²) in [6.45, 7) is 1.85. The Morgan fingerprint density at radius 3 is 2.52 bits per heavy atom. The summed E-state index contributed by atoms with van der Waals surface area (Å²) in [6.07, 6.45) is 4.66. The third kappa shape index (κ3) is 2.93. The van der Waals surface area contributed by atoms with Gasteiger partial charge in [-0.3, -0.25) is 23.7 Å². The maximum Gasteiger partial charge on any atom is 0.332 e. The maximum atomic E-state index is 12.5. The van der Waals surface area contributed by atoms with Crippen LogP contribution in [0.2, 0.25) is 0 Å². The number of carbonyl (C=O) groups excluding carboxylic acids is 1. The standard InChI is InChI=1S/C17H17N5O3/c1-10(11-4-6-18-7-5-11)20-15(23)12-8-13-14(19-9-12)21(2)17(25)22(3)16(13)24/h4-10H,1-3H3,(H,20,23). The van der Waals surface area contributed by atoms with E-state index in [2.05, 4.69) is 15.3 Å². The number of carbonyl (C=O) groups is 1. The fourth-order valence-electron chi connectivity index (χ4n) is 2.60. The SMILES string of the molecule is CC(NC(=O)c1cnc2c(c1)c(=O)n(C)c(=O)n2C)c1ccncc1. The molecule has 3 rings (SSSR count). The highest BCUT2D eigenvalue weighted by molar-refractivity contribution is 5.96. The molecule has 0 radical (unpaired) electrons. The summed E-state index contributed by atoms with van der Waals surface area (Å²) in [4.78, 5) is 44.8. The summed E-state index contributed by atoms with van der Waals surface area (Å²) < 4.78 is 2.27. The molecule has 8 heteroatoms. The normalized spacial score (nSPS) is 12.1. The van der Waals surface area contributed by atoms with E-state index < -0.39 is 11.2 Å². The highest BCUT2D eigenvalue weighted by atomic mass is 16.2. The van der Waals surface area contributed by atoms with Crippen LogP contribution in [-0.2, 0) is 14.1 Å². The quantitative estimate of drug-likeness (QED) is 0.750. The smallest absolute Gasteiger partial charge is 0.332 e. The van der Waals surface area contributed by atoms with Crippen molar-refractivity contribution in [2.45, 2.75) is 13.0 Å². The van der Waals surface area contributed by atoms with Gasteiger partial charge in [-0.1, -0.05) is 0 Å². The van der Waals surface area contributed by atoms with Crippen molar-refractivity contribution in [2.24, 2.45) is 14.1 Å². The molecule has 1 N–H and O–H groups in total. The van der Waals surface area contributed by atoms with E-state index in [0.717, 1.165) is 10.1 Å². The molecule has 3 aromatic heterocycles. The number of fused-ring (bicyclic) bond motifs is 1. The Morgan fingerprint density at radius 1 is 1.16 bits per heavy atom. The van der Waals surface area contributed by atoms with Gasteiger partial charge in [-0.15, -0.1) is 0 Å². The minimum absolute atomic E-state index is 0.216. The van der Waals surface area contributed by atoms with Crippen LogP contribution in [0, 0.1) is 0 Å². The molecular formula is C17H17N5O3. The molecule has 0 fully saturated rings. The van der Waals surface area contributed by atoms with Crippen molar-refractivity contribution in [2.75, 3.05) is 0 Å². The van der Waals surface area contributed by atoms with Crippen LogP contribution in [0.4, 0.5) is 0 Å². The second-order valence-corrected chi connectivity index (χ2v) is 5.78. The van der Waals surface area contributed by atoms with Gasteiger partial charge in [-0.25, -0.2) is 9.78 Å². The van der Waals surface area contributed by atoms with Crippen LogP contribution in [0.3, 0.4) is 0 Å². The number of hydrogen-bond donors (Lipinski definition) is 1. The van der Waals surface area contributed by atoms with E-state index in [1.165, 1.54) is 30.9 Å². The molecule has 25 heavy (non-hydrogen) atoms. The lowest BCUT2D eigenvalue weighted by molar-refractivity contribution is 0.0939. The predicted molar refractivity (Wildman–Crippen MR) is 92.3 cm³/mol. The Morgan fingerprint density at radius 2 is 1.84 bits per heavy atom. The molecule has 128 valence electrons. The zero-order chi connectivity index (χ0) is 18.1. The van der Waals surface area contributed by atoms with E-state index in [9.17, 15) is 14.4 Å². The van der Waals surface area contributed by atoms with Crippen molar-refractivity contribution in [3.63, 3.8) is 0 Å². The molecule has 3 heterocycles. The van der Waals surface area contributed by atoms with Crippen LogP contribution >= 0.6 is 0 Å². The van der Waals surface area contributed by atoms with Gasteiger partial charge in [0.25, 0.3) is 11.5 Å². The summed E-state index contributed by atoms with van der Waals surface area (Å²) in [6, 6.07) is 4.86. The molecule has 0 aliphatic rings. The van der Waals surface area contributed by atoms with Gasteiger partial charge < -0.3 is 5.32 Å². The number of aryl methyl sites for hydroxylation is 1. The maximum absolute atomic E-state index is 12.5. The van der Waals surface area contributed by atoms with E-state index in [0.29, 0.717) is 0 Å². The molecule has 0 spiro atoms. The Hall–Kier alpha value is -3.29. The number of rotatable bonds is 3. The highest BCUT2D eigenvalue weighted by Crippen LogP contribution is 2.13. The Labute approximate surface area is 142 Å². The minimum Gasteiger partial charge on any atom is -0.345 e. The molecule has 1 unspecified atom stereocenters. The molecule has 1 atom stereocenters. The van der Waals surface area contributed by atoms with Crippen molar-refractivity contribution < 1.29 is 4.79 Å². The number of nitrogens with zero attached hydrogens (tertiary/aromatic N) is 4. The van der Waals surface area contributed by atoms with Crippen LogP contribution in [0.25, 0.3) is 11.0 Å². The minimum atomic E-state index is -0.484. The van der Waals surface area contributed by atoms with Crippen molar-refractivity contribution in [1.29, 1.82) is 0 Å². The topological polar surface area (TPSA) is 98.9 Å². The second-order valence-electron chi connectivity index (χ2n) is 5.78. The van der Waals surface area contributed by atoms with Gasteiger partial charge in [0.05, 0.1) is 17.0 Å². The van der Waals surface area contributed by atoms with Crippen LogP contribution in [-0.4, -0.2) is 25.0 Å². The molecule has 0 saturated carbocycles. The van der Waals surface area contributed by atoms with Crippen LogP contribution in [0.5, 0.6) is 0 Å². The lowest BCUT2D eigenvalue weighted by Gasteiger charge is -2.14. The van der Waals surface area contributed by atoms with Crippen LogP contribution in [0.1, 0.15) is 28.9 Å². The fraction of sp³-hybridized carbons (Fsp3) is 0.235. The summed E-state index contributed by atoms with van der Waals surface area (Å²) in [5, 5.41) is 3.07. The largest absolute Gasteiger partial charge is 0.345 e. The van der Waals surface area contributed by atoms with E-state index in [4.69, 9.17) is 0 Å². The third-order valence-corrected chi connectivity index (χ3v) is 4.11. The first-order valence-corrected chi connectivity index (χ1v) is 7.66. The van der Waals surface area contributed by atoms with Crippen LogP contribution in [0.15, 0.2) is 46.4 Å². The monoisotopic (exact) mass is 339 g/mol. The first kappa shape index (κ1) is 16.6. The van der Waals surface area contributed by atoms with Gasteiger partial charge in [0.15, 0.2) is 0 Å².